The molecule has 4 N–H and O–H groups in total. The second kappa shape index (κ2) is 12.0. The van der Waals surface area contributed by atoms with Crippen LogP contribution < -0.4 is 21.1 Å². The number of hydrazine groups is 1. The van der Waals surface area contributed by atoms with Gasteiger partial charge in [-0.2, -0.15) is 18.3 Å². The highest BCUT2D eigenvalue weighted by Gasteiger charge is 2.34. The molecule has 0 fully saturated rings. The van der Waals surface area contributed by atoms with E-state index in [-0.39, 0.29) is 29.1 Å². The molecule has 0 aliphatic carbocycles. The quantitative estimate of drug-likeness (QED) is 0.197. The zero-order valence-corrected chi connectivity index (χ0v) is 23.8. The van der Waals surface area contributed by atoms with E-state index in [1.807, 2.05) is 25.9 Å². The highest BCUT2D eigenvalue weighted by atomic mass is 19.4. The van der Waals surface area contributed by atoms with E-state index < -0.39 is 17.6 Å². The number of amides is 1. The van der Waals surface area contributed by atoms with Gasteiger partial charge in [-0.3, -0.25) is 14.5 Å². The minimum atomic E-state index is -4.60. The lowest BCUT2D eigenvalue weighted by Gasteiger charge is -2.26. The summed E-state index contributed by atoms with van der Waals surface area (Å²) in [4.78, 5) is 21.1. The summed E-state index contributed by atoms with van der Waals surface area (Å²) in [5, 5.41) is 16.5. The zero-order chi connectivity index (χ0) is 29.9. The van der Waals surface area contributed by atoms with Crippen LogP contribution in [0.5, 0.6) is 0 Å². The van der Waals surface area contributed by atoms with Crippen molar-refractivity contribution in [3.05, 3.63) is 64.2 Å². The molecule has 0 saturated heterocycles. The number of pyridine rings is 1. The van der Waals surface area contributed by atoms with Gasteiger partial charge in [-0.15, -0.1) is 0 Å². The maximum atomic E-state index is 13.9. The fourth-order valence-corrected chi connectivity index (χ4v) is 4.21. The number of rotatable bonds is 10. The summed E-state index contributed by atoms with van der Waals surface area (Å²) in [7, 11) is 7.26. The predicted octanol–water partition coefficient (Wildman–Crippen LogP) is 3.76. The molecule has 1 aromatic carbocycles. The highest BCUT2D eigenvalue weighted by Crippen LogP contribution is 2.38. The summed E-state index contributed by atoms with van der Waals surface area (Å²) in [6.07, 6.45) is -1.68. The minimum Gasteiger partial charge on any atom is -0.373 e. The Balaban J connectivity index is 1.88. The molecule has 40 heavy (non-hydrogen) atoms. The van der Waals surface area contributed by atoms with E-state index in [2.05, 4.69) is 15.4 Å². The molecule has 216 valence electrons. The van der Waals surface area contributed by atoms with Crippen molar-refractivity contribution in [3.8, 4) is 0 Å². The minimum absolute atomic E-state index is 0.00943. The summed E-state index contributed by atoms with van der Waals surface area (Å²) in [5.41, 5.74) is 2.35. The molecule has 1 amide bonds. The van der Waals surface area contributed by atoms with Crippen LogP contribution in [0.4, 0.5) is 30.2 Å². The number of hydrogen-bond acceptors (Lipinski definition) is 8. The number of nitrogens with one attached hydrogen (secondary N) is 2. The van der Waals surface area contributed by atoms with Gasteiger partial charge in [0.25, 0.3) is 5.91 Å². The van der Waals surface area contributed by atoms with Crippen molar-refractivity contribution in [3.63, 3.8) is 0 Å². The standard InChI is InChI=1S/C27H36F3N9O/c1-16-22(27(28,29)30)11-20(12-24(16)37(6)9-8-36(4)5)35-26(40)19-10-25(17(2)33-13-19)39(32)15-23(31)21-14-34-38(7)18(21)3/h10-14,31H,8-9,15,32H2,1-7H3,(H,35,40). The normalized spacial score (nSPS) is 11.6. The van der Waals surface area contributed by atoms with Crippen molar-refractivity contribution in [2.45, 2.75) is 26.9 Å². The second-order valence-corrected chi connectivity index (χ2v) is 10.0. The fourth-order valence-electron chi connectivity index (χ4n) is 4.21. The first-order valence-electron chi connectivity index (χ1n) is 12.5. The van der Waals surface area contributed by atoms with Gasteiger partial charge in [-0.1, -0.05) is 0 Å². The van der Waals surface area contributed by atoms with E-state index >= 15 is 0 Å². The molecular formula is C27H36F3N9O. The van der Waals surface area contributed by atoms with Crippen LogP contribution in [-0.2, 0) is 13.2 Å². The summed E-state index contributed by atoms with van der Waals surface area (Å²) >= 11 is 0. The van der Waals surface area contributed by atoms with E-state index in [9.17, 15) is 18.0 Å². The van der Waals surface area contributed by atoms with Gasteiger partial charge in [0.1, 0.15) is 0 Å². The van der Waals surface area contributed by atoms with E-state index in [1.54, 1.807) is 36.8 Å². The molecule has 10 nitrogen and oxygen atoms in total. The molecular weight excluding hydrogens is 523 g/mol. The van der Waals surface area contributed by atoms with Crippen molar-refractivity contribution in [2.24, 2.45) is 12.9 Å². The molecule has 0 bridgehead atoms. The van der Waals surface area contributed by atoms with Crippen molar-refractivity contribution in [1.29, 1.82) is 5.41 Å². The molecule has 2 heterocycles. The SMILES string of the molecule is Cc1ncc(C(=O)Nc2cc(N(C)CCN(C)C)c(C)c(C(F)(F)F)c2)cc1N(N)CC(=N)c1cnn(C)c1C. The number of aromatic nitrogens is 3. The van der Waals surface area contributed by atoms with Crippen molar-refractivity contribution >= 4 is 28.7 Å². The Labute approximate surface area is 232 Å². The number of likely N-dealkylation sites (N-methyl/N-ethyl adjacent to an activating group) is 2. The van der Waals surface area contributed by atoms with Crippen LogP contribution >= 0.6 is 0 Å². The molecule has 3 rings (SSSR count). The Morgan fingerprint density at radius 2 is 1.75 bits per heavy atom. The average molecular weight is 560 g/mol. The van der Waals surface area contributed by atoms with E-state index in [4.69, 9.17) is 11.3 Å². The van der Waals surface area contributed by atoms with E-state index in [0.717, 1.165) is 11.8 Å². The summed E-state index contributed by atoms with van der Waals surface area (Å²) in [6.45, 7) is 6.13. The lowest BCUT2D eigenvalue weighted by atomic mass is 10.0. The number of alkyl halides is 3. The van der Waals surface area contributed by atoms with Crippen molar-refractivity contribution < 1.29 is 18.0 Å². The molecule has 0 spiro atoms. The van der Waals surface area contributed by atoms with Crippen LogP contribution in [0.1, 0.15) is 38.4 Å². The van der Waals surface area contributed by atoms with Gasteiger partial charge >= 0.3 is 6.18 Å². The van der Waals surface area contributed by atoms with Crippen molar-refractivity contribution in [2.75, 3.05) is 56.0 Å². The number of anilines is 3. The number of carbonyl (C=O) groups is 1. The maximum Gasteiger partial charge on any atom is 0.416 e. The Morgan fingerprint density at radius 1 is 1.07 bits per heavy atom. The van der Waals surface area contributed by atoms with E-state index in [1.165, 1.54) is 30.3 Å². The Hall–Kier alpha value is -3.97. The number of nitrogens with two attached hydrogens (primary N) is 1. The molecule has 0 saturated carbocycles. The van der Waals surface area contributed by atoms with Gasteiger partial charge in [-0.25, -0.2) is 5.84 Å². The maximum absolute atomic E-state index is 13.9. The zero-order valence-electron chi connectivity index (χ0n) is 23.8. The number of carbonyl (C=O) groups excluding carboxylic acids is 1. The molecule has 0 unspecified atom stereocenters. The van der Waals surface area contributed by atoms with Crippen LogP contribution in [0.2, 0.25) is 0 Å². The third-order valence-corrected chi connectivity index (χ3v) is 6.76. The Bertz CT molecular complexity index is 1400. The van der Waals surface area contributed by atoms with Crippen molar-refractivity contribution in [1.82, 2.24) is 19.7 Å². The number of halogens is 3. The molecule has 0 aliphatic rings. The Kier molecular flexibility index (Phi) is 9.21. The lowest BCUT2D eigenvalue weighted by Crippen LogP contribution is -2.37. The molecule has 2 aromatic heterocycles. The van der Waals surface area contributed by atoms with Gasteiger partial charge in [0.2, 0.25) is 0 Å². The van der Waals surface area contributed by atoms with Gasteiger partial charge in [-0.05, 0) is 58.6 Å². The third-order valence-electron chi connectivity index (χ3n) is 6.76. The first-order chi connectivity index (χ1) is 18.6. The summed E-state index contributed by atoms with van der Waals surface area (Å²) < 4.78 is 43.3. The number of aryl methyl sites for hydroxylation is 2. The van der Waals surface area contributed by atoms with Crippen LogP contribution in [0.3, 0.4) is 0 Å². The highest BCUT2D eigenvalue weighted by molar-refractivity contribution is 6.05. The smallest absolute Gasteiger partial charge is 0.373 e. The molecule has 0 aliphatic heterocycles. The monoisotopic (exact) mass is 559 g/mol. The van der Waals surface area contributed by atoms with Crippen LogP contribution in [0.25, 0.3) is 0 Å². The van der Waals surface area contributed by atoms with Crippen LogP contribution in [-0.4, -0.2) is 72.1 Å². The topological polar surface area (TPSA) is 119 Å². The Morgan fingerprint density at radius 3 is 2.33 bits per heavy atom. The van der Waals surface area contributed by atoms with Gasteiger partial charge in [0, 0.05) is 56.0 Å². The average Bonchev–Trinajstić information content (AvgIpc) is 3.20. The number of nitrogens with zero attached hydrogens (tertiary/aromatic N) is 6. The van der Waals surface area contributed by atoms with E-state index in [0.29, 0.717) is 35.7 Å². The summed E-state index contributed by atoms with van der Waals surface area (Å²) in [6, 6.07) is 3.98. The summed E-state index contributed by atoms with van der Waals surface area (Å²) in [5.74, 6) is 5.62. The van der Waals surface area contributed by atoms with Crippen LogP contribution in [0, 0.1) is 26.2 Å². The molecule has 0 atom stereocenters. The van der Waals surface area contributed by atoms with Gasteiger partial charge in [0.15, 0.2) is 0 Å². The van der Waals surface area contributed by atoms with Gasteiger partial charge < -0.3 is 25.5 Å². The largest absolute Gasteiger partial charge is 0.416 e. The third kappa shape index (κ3) is 6.96. The molecule has 0 radical (unpaired) electrons. The number of benzene rings is 1. The van der Waals surface area contributed by atoms with Gasteiger partial charge in [0.05, 0.1) is 41.0 Å². The molecule has 13 heteroatoms. The lowest BCUT2D eigenvalue weighted by molar-refractivity contribution is -0.138. The molecule has 3 aromatic rings. The van der Waals surface area contributed by atoms with Crippen LogP contribution in [0.15, 0.2) is 30.6 Å². The second-order valence-electron chi connectivity index (χ2n) is 10.0. The fraction of sp³-hybridized carbons (Fsp3) is 0.407. The first-order valence-corrected chi connectivity index (χ1v) is 12.5. The predicted molar refractivity (Wildman–Crippen MR) is 151 cm³/mol. The first kappa shape index (κ1) is 30.6. The number of hydrogen-bond donors (Lipinski definition) is 3.